The van der Waals surface area contributed by atoms with Crippen molar-refractivity contribution in [2.24, 2.45) is 5.73 Å². The highest BCUT2D eigenvalue weighted by Crippen LogP contribution is 2.33. The van der Waals surface area contributed by atoms with Crippen LogP contribution in [0.1, 0.15) is 25.7 Å². The number of pyridine rings is 1. The molecule has 5 heteroatoms. The molecule has 0 bridgehead atoms. The molecule has 1 aliphatic carbocycles. The standard InChI is InChI=1S/C16H21N3S.ClH/c1-20-15-10-18-9-11-3-2-4-14(16(11)15)19-13-7-5-12(17)6-8-13;/h2-4,9-10,12-13,19H,5-8,17H2,1H3;1H. The Balaban J connectivity index is 0.00000161. The summed E-state index contributed by atoms with van der Waals surface area (Å²) in [6.45, 7) is 0. The molecule has 21 heavy (non-hydrogen) atoms. The maximum atomic E-state index is 5.99. The van der Waals surface area contributed by atoms with Crippen molar-refractivity contribution in [2.75, 3.05) is 11.6 Å². The van der Waals surface area contributed by atoms with Crippen molar-refractivity contribution in [3.8, 4) is 0 Å². The van der Waals surface area contributed by atoms with Crippen LogP contribution in [0.5, 0.6) is 0 Å². The molecule has 0 aliphatic heterocycles. The topological polar surface area (TPSA) is 50.9 Å². The van der Waals surface area contributed by atoms with Gasteiger partial charge in [-0.25, -0.2) is 0 Å². The van der Waals surface area contributed by atoms with Crippen LogP contribution in [0, 0.1) is 0 Å². The van der Waals surface area contributed by atoms with E-state index in [1.54, 1.807) is 11.8 Å². The summed E-state index contributed by atoms with van der Waals surface area (Å²) in [5.41, 5.74) is 7.22. The van der Waals surface area contributed by atoms with Gasteiger partial charge < -0.3 is 11.1 Å². The lowest BCUT2D eigenvalue weighted by Gasteiger charge is -2.28. The fourth-order valence-corrected chi connectivity index (χ4v) is 3.56. The minimum absolute atomic E-state index is 0. The van der Waals surface area contributed by atoms with Gasteiger partial charge in [0.15, 0.2) is 0 Å². The van der Waals surface area contributed by atoms with Gasteiger partial charge in [-0.05, 0) is 38.0 Å². The number of hydrogen-bond acceptors (Lipinski definition) is 4. The van der Waals surface area contributed by atoms with Gasteiger partial charge in [0.2, 0.25) is 0 Å². The average Bonchev–Trinajstić information content (AvgIpc) is 2.49. The van der Waals surface area contributed by atoms with Crippen LogP contribution >= 0.6 is 24.2 Å². The van der Waals surface area contributed by atoms with Gasteiger partial charge >= 0.3 is 0 Å². The lowest BCUT2D eigenvalue weighted by molar-refractivity contribution is 0.411. The fourth-order valence-electron chi connectivity index (χ4n) is 2.96. The zero-order chi connectivity index (χ0) is 13.9. The molecule has 0 spiro atoms. The quantitative estimate of drug-likeness (QED) is 0.836. The number of hydrogen-bond donors (Lipinski definition) is 2. The smallest absolute Gasteiger partial charge is 0.0434 e. The lowest BCUT2D eigenvalue weighted by atomic mass is 9.91. The maximum absolute atomic E-state index is 5.99. The minimum atomic E-state index is 0. The Hall–Kier alpha value is -0.970. The molecule has 1 aromatic carbocycles. The molecule has 0 unspecified atom stereocenters. The van der Waals surface area contributed by atoms with Crippen molar-refractivity contribution in [1.82, 2.24) is 4.98 Å². The molecule has 1 saturated carbocycles. The van der Waals surface area contributed by atoms with E-state index in [0.29, 0.717) is 12.1 Å². The van der Waals surface area contributed by atoms with E-state index in [0.717, 1.165) is 25.7 Å². The molecule has 114 valence electrons. The number of nitrogens with one attached hydrogen (secondary N) is 1. The number of rotatable bonds is 3. The van der Waals surface area contributed by atoms with Gasteiger partial charge in [-0.15, -0.1) is 24.2 Å². The number of nitrogens with zero attached hydrogens (tertiary/aromatic N) is 1. The largest absolute Gasteiger partial charge is 0.382 e. The van der Waals surface area contributed by atoms with E-state index >= 15 is 0 Å². The van der Waals surface area contributed by atoms with Crippen molar-refractivity contribution in [1.29, 1.82) is 0 Å². The zero-order valence-electron chi connectivity index (χ0n) is 12.2. The highest BCUT2D eigenvalue weighted by atomic mass is 35.5. The summed E-state index contributed by atoms with van der Waals surface area (Å²) < 4.78 is 0. The summed E-state index contributed by atoms with van der Waals surface area (Å²) in [6, 6.07) is 7.35. The Morgan fingerprint density at radius 1 is 1.19 bits per heavy atom. The molecule has 2 aromatic rings. The van der Waals surface area contributed by atoms with Crippen LogP contribution in [0.15, 0.2) is 35.5 Å². The fraction of sp³-hybridized carbons (Fsp3) is 0.438. The van der Waals surface area contributed by atoms with Crippen LogP contribution in [0.2, 0.25) is 0 Å². The number of fused-ring (bicyclic) bond motifs is 1. The van der Waals surface area contributed by atoms with E-state index in [4.69, 9.17) is 5.73 Å². The van der Waals surface area contributed by atoms with Gasteiger partial charge in [0, 0.05) is 45.8 Å². The summed E-state index contributed by atoms with van der Waals surface area (Å²) >= 11 is 1.75. The van der Waals surface area contributed by atoms with E-state index in [9.17, 15) is 0 Å². The van der Waals surface area contributed by atoms with Gasteiger partial charge in [-0.2, -0.15) is 0 Å². The van der Waals surface area contributed by atoms with E-state index in [1.807, 2.05) is 12.4 Å². The molecule has 1 aromatic heterocycles. The van der Waals surface area contributed by atoms with Crippen LogP contribution in [-0.4, -0.2) is 23.3 Å². The summed E-state index contributed by atoms with van der Waals surface area (Å²) in [7, 11) is 0. The molecular weight excluding hydrogens is 302 g/mol. The van der Waals surface area contributed by atoms with Gasteiger partial charge in [0.05, 0.1) is 0 Å². The molecular formula is C16H22ClN3S. The SMILES string of the molecule is CSc1cncc2cccc(NC3CCC(N)CC3)c12.Cl. The van der Waals surface area contributed by atoms with Crippen LogP contribution in [0.3, 0.4) is 0 Å². The Kier molecular flexibility index (Phi) is 5.73. The average molecular weight is 324 g/mol. The Labute approximate surface area is 136 Å². The molecule has 0 amide bonds. The number of thioether (sulfide) groups is 1. The van der Waals surface area contributed by atoms with Crippen molar-refractivity contribution < 1.29 is 0 Å². The predicted octanol–water partition coefficient (Wildman–Crippen LogP) is 4.06. The molecule has 0 radical (unpaired) electrons. The summed E-state index contributed by atoms with van der Waals surface area (Å²) in [4.78, 5) is 5.55. The number of anilines is 1. The van der Waals surface area contributed by atoms with Crippen LogP contribution in [0.25, 0.3) is 10.8 Å². The summed E-state index contributed by atoms with van der Waals surface area (Å²) in [5, 5.41) is 6.22. The van der Waals surface area contributed by atoms with Crippen molar-refractivity contribution >= 4 is 40.6 Å². The monoisotopic (exact) mass is 323 g/mol. The molecule has 1 aliphatic rings. The van der Waals surface area contributed by atoms with Gasteiger partial charge in [-0.3, -0.25) is 4.98 Å². The van der Waals surface area contributed by atoms with Gasteiger partial charge in [-0.1, -0.05) is 12.1 Å². The number of benzene rings is 1. The van der Waals surface area contributed by atoms with Crippen molar-refractivity contribution in [3.63, 3.8) is 0 Å². The second-order valence-electron chi connectivity index (χ2n) is 5.50. The minimum Gasteiger partial charge on any atom is -0.382 e. The molecule has 0 atom stereocenters. The molecule has 1 fully saturated rings. The highest BCUT2D eigenvalue weighted by molar-refractivity contribution is 7.98. The first-order valence-corrected chi connectivity index (χ1v) is 8.43. The highest BCUT2D eigenvalue weighted by Gasteiger charge is 2.19. The van der Waals surface area contributed by atoms with E-state index in [-0.39, 0.29) is 12.4 Å². The predicted molar refractivity (Wildman–Crippen MR) is 94.6 cm³/mol. The zero-order valence-corrected chi connectivity index (χ0v) is 13.8. The third kappa shape index (κ3) is 3.62. The third-order valence-electron chi connectivity index (χ3n) is 4.10. The van der Waals surface area contributed by atoms with Gasteiger partial charge in [0.25, 0.3) is 0 Å². The van der Waals surface area contributed by atoms with E-state index in [2.05, 4.69) is 34.8 Å². The van der Waals surface area contributed by atoms with E-state index < -0.39 is 0 Å². The van der Waals surface area contributed by atoms with Crippen molar-refractivity contribution in [3.05, 3.63) is 30.6 Å². The second-order valence-corrected chi connectivity index (χ2v) is 6.35. The Bertz CT molecular complexity index is 592. The maximum Gasteiger partial charge on any atom is 0.0434 e. The molecule has 1 heterocycles. The van der Waals surface area contributed by atoms with Gasteiger partial charge in [0.1, 0.15) is 0 Å². The number of halogens is 1. The van der Waals surface area contributed by atoms with Crippen molar-refractivity contribution in [2.45, 2.75) is 42.7 Å². The molecule has 0 saturated heterocycles. The van der Waals surface area contributed by atoms with E-state index in [1.165, 1.54) is 21.4 Å². The summed E-state index contributed by atoms with van der Waals surface area (Å²) in [5.74, 6) is 0. The normalized spacial score (nSPS) is 21.8. The number of aromatic nitrogens is 1. The number of nitrogens with two attached hydrogens (primary N) is 1. The first-order valence-electron chi connectivity index (χ1n) is 7.21. The third-order valence-corrected chi connectivity index (χ3v) is 4.85. The lowest BCUT2D eigenvalue weighted by Crippen LogP contribution is -2.32. The Morgan fingerprint density at radius 2 is 1.95 bits per heavy atom. The van der Waals surface area contributed by atoms with Crippen LogP contribution in [-0.2, 0) is 0 Å². The molecule has 3 nitrogen and oxygen atoms in total. The second kappa shape index (κ2) is 7.34. The first-order chi connectivity index (χ1) is 9.78. The summed E-state index contributed by atoms with van der Waals surface area (Å²) in [6.07, 6.45) is 10.6. The Morgan fingerprint density at radius 3 is 2.67 bits per heavy atom. The molecule has 3 rings (SSSR count). The first kappa shape index (κ1) is 16.4. The molecule has 3 N–H and O–H groups in total. The van der Waals surface area contributed by atoms with Crippen LogP contribution in [0.4, 0.5) is 5.69 Å². The van der Waals surface area contributed by atoms with Crippen LogP contribution < -0.4 is 11.1 Å².